The van der Waals surface area contributed by atoms with E-state index < -0.39 is 16.5 Å². The van der Waals surface area contributed by atoms with Crippen molar-refractivity contribution in [1.82, 2.24) is 0 Å². The highest BCUT2D eigenvalue weighted by Crippen LogP contribution is 2.35. The van der Waals surface area contributed by atoms with Crippen LogP contribution in [0, 0.1) is 12.8 Å². The molecule has 106 valence electrons. The van der Waals surface area contributed by atoms with Crippen LogP contribution in [-0.2, 0) is 19.3 Å². The molecule has 1 saturated heterocycles. The standard InChI is InChI=1S/C13H18O5S/c1-10-4-2-3-5-12(10)13(18-19(14,15)16)11-6-8-17-9-7-11/h2-5,11,13H,6-9H2,1H3,(H,14,15,16). The molecule has 1 heterocycles. The summed E-state index contributed by atoms with van der Waals surface area (Å²) in [6, 6.07) is 7.45. The molecule has 0 saturated carbocycles. The summed E-state index contributed by atoms with van der Waals surface area (Å²) >= 11 is 0. The van der Waals surface area contributed by atoms with Crippen LogP contribution in [0.3, 0.4) is 0 Å². The second kappa shape index (κ2) is 6.00. The highest BCUT2D eigenvalue weighted by atomic mass is 32.3. The van der Waals surface area contributed by atoms with Gasteiger partial charge in [-0.25, -0.2) is 4.18 Å². The van der Waals surface area contributed by atoms with Crippen LogP contribution >= 0.6 is 0 Å². The average Bonchev–Trinajstić information content (AvgIpc) is 2.37. The molecule has 1 aromatic carbocycles. The molecule has 2 rings (SSSR count). The number of hydrogen-bond acceptors (Lipinski definition) is 4. The molecule has 1 unspecified atom stereocenters. The Balaban J connectivity index is 2.30. The number of ether oxygens (including phenoxy) is 1. The Morgan fingerprint density at radius 2 is 1.95 bits per heavy atom. The minimum absolute atomic E-state index is 0.0248. The predicted molar refractivity (Wildman–Crippen MR) is 70.1 cm³/mol. The molecule has 0 aliphatic carbocycles. The van der Waals surface area contributed by atoms with Crippen molar-refractivity contribution < 1.29 is 21.9 Å². The van der Waals surface area contributed by atoms with Crippen molar-refractivity contribution in [3.8, 4) is 0 Å². The van der Waals surface area contributed by atoms with Gasteiger partial charge in [0.15, 0.2) is 0 Å². The molecule has 0 bridgehead atoms. The lowest BCUT2D eigenvalue weighted by molar-refractivity contribution is 0.0153. The third-order valence-corrected chi connectivity index (χ3v) is 3.86. The monoisotopic (exact) mass is 286 g/mol. The molecule has 5 nitrogen and oxygen atoms in total. The number of aryl methyl sites for hydroxylation is 1. The van der Waals surface area contributed by atoms with E-state index in [1.807, 2.05) is 31.2 Å². The Morgan fingerprint density at radius 1 is 1.32 bits per heavy atom. The van der Waals surface area contributed by atoms with Gasteiger partial charge in [0.1, 0.15) is 6.10 Å². The molecular formula is C13H18O5S. The zero-order valence-corrected chi connectivity index (χ0v) is 11.6. The van der Waals surface area contributed by atoms with Gasteiger partial charge < -0.3 is 4.74 Å². The maximum absolute atomic E-state index is 11.1. The van der Waals surface area contributed by atoms with Gasteiger partial charge >= 0.3 is 10.4 Å². The number of benzene rings is 1. The van der Waals surface area contributed by atoms with Crippen LogP contribution in [0.25, 0.3) is 0 Å². The fourth-order valence-corrected chi connectivity index (χ4v) is 2.96. The van der Waals surface area contributed by atoms with E-state index in [2.05, 4.69) is 0 Å². The molecule has 6 heteroatoms. The summed E-state index contributed by atoms with van der Waals surface area (Å²) in [5.41, 5.74) is 1.75. The van der Waals surface area contributed by atoms with Crippen molar-refractivity contribution in [2.75, 3.05) is 13.2 Å². The summed E-state index contributed by atoms with van der Waals surface area (Å²) in [5.74, 6) is 0.0248. The van der Waals surface area contributed by atoms with Gasteiger partial charge in [0.05, 0.1) is 0 Å². The second-order valence-electron chi connectivity index (χ2n) is 4.75. The Morgan fingerprint density at radius 3 is 2.53 bits per heavy atom. The third-order valence-electron chi connectivity index (χ3n) is 3.41. The highest BCUT2D eigenvalue weighted by Gasteiger charge is 2.30. The lowest BCUT2D eigenvalue weighted by Gasteiger charge is -2.30. The summed E-state index contributed by atoms with van der Waals surface area (Å²) in [4.78, 5) is 0. The van der Waals surface area contributed by atoms with Gasteiger partial charge in [0.2, 0.25) is 0 Å². The van der Waals surface area contributed by atoms with Crippen LogP contribution in [0.2, 0.25) is 0 Å². The summed E-state index contributed by atoms with van der Waals surface area (Å²) in [7, 11) is -4.48. The van der Waals surface area contributed by atoms with E-state index in [4.69, 9.17) is 13.5 Å². The van der Waals surface area contributed by atoms with Crippen LogP contribution in [0.4, 0.5) is 0 Å². The van der Waals surface area contributed by atoms with E-state index >= 15 is 0 Å². The summed E-state index contributed by atoms with van der Waals surface area (Å²) in [5, 5.41) is 0. The van der Waals surface area contributed by atoms with Gasteiger partial charge in [-0.1, -0.05) is 24.3 Å². The second-order valence-corrected chi connectivity index (χ2v) is 5.80. The lowest BCUT2D eigenvalue weighted by Crippen LogP contribution is -2.26. The number of rotatable bonds is 4. The quantitative estimate of drug-likeness (QED) is 0.860. The molecule has 1 N–H and O–H groups in total. The van der Waals surface area contributed by atoms with E-state index in [0.29, 0.717) is 26.1 Å². The van der Waals surface area contributed by atoms with Gasteiger partial charge in [-0.3, -0.25) is 4.55 Å². The molecule has 0 amide bonds. The van der Waals surface area contributed by atoms with Crippen molar-refractivity contribution in [3.63, 3.8) is 0 Å². The van der Waals surface area contributed by atoms with Crippen LogP contribution in [-0.4, -0.2) is 26.2 Å². The first kappa shape index (κ1) is 14.5. The first-order valence-corrected chi connectivity index (χ1v) is 7.63. The average molecular weight is 286 g/mol. The maximum Gasteiger partial charge on any atom is 0.397 e. The molecule has 1 atom stereocenters. The SMILES string of the molecule is Cc1ccccc1C(OS(=O)(=O)O)C1CCOCC1. The molecule has 0 spiro atoms. The molecule has 19 heavy (non-hydrogen) atoms. The zero-order chi connectivity index (χ0) is 13.9. The summed E-state index contributed by atoms with van der Waals surface area (Å²) in [6.07, 6.45) is 0.781. The Hall–Kier alpha value is -0.950. The topological polar surface area (TPSA) is 72.8 Å². The van der Waals surface area contributed by atoms with E-state index in [9.17, 15) is 8.42 Å². The summed E-state index contributed by atoms with van der Waals surface area (Å²) in [6.45, 7) is 3.07. The third kappa shape index (κ3) is 4.01. The van der Waals surface area contributed by atoms with Crippen LogP contribution in [0.5, 0.6) is 0 Å². The van der Waals surface area contributed by atoms with Crippen molar-refractivity contribution >= 4 is 10.4 Å². The van der Waals surface area contributed by atoms with Crippen LogP contribution in [0.15, 0.2) is 24.3 Å². The molecule has 0 radical (unpaired) electrons. The largest absolute Gasteiger partial charge is 0.397 e. The molecule has 1 aliphatic rings. The van der Waals surface area contributed by atoms with Crippen LogP contribution in [0.1, 0.15) is 30.1 Å². The fourth-order valence-electron chi connectivity index (χ4n) is 2.44. The van der Waals surface area contributed by atoms with E-state index in [-0.39, 0.29) is 5.92 Å². The van der Waals surface area contributed by atoms with Crippen molar-refractivity contribution in [2.24, 2.45) is 5.92 Å². The van der Waals surface area contributed by atoms with Gasteiger partial charge in [-0.2, -0.15) is 8.42 Å². The van der Waals surface area contributed by atoms with Gasteiger partial charge in [0, 0.05) is 13.2 Å². The van der Waals surface area contributed by atoms with E-state index in [1.54, 1.807) is 0 Å². The maximum atomic E-state index is 11.1. The van der Waals surface area contributed by atoms with Crippen molar-refractivity contribution in [2.45, 2.75) is 25.9 Å². The van der Waals surface area contributed by atoms with Gasteiger partial charge in [0.25, 0.3) is 0 Å². The molecular weight excluding hydrogens is 268 g/mol. The van der Waals surface area contributed by atoms with E-state index in [0.717, 1.165) is 11.1 Å². The van der Waals surface area contributed by atoms with Crippen molar-refractivity contribution in [3.05, 3.63) is 35.4 Å². The smallest absolute Gasteiger partial charge is 0.381 e. The predicted octanol–water partition coefficient (Wildman–Crippen LogP) is 2.28. The normalized spacial score (nSPS) is 19.3. The van der Waals surface area contributed by atoms with E-state index in [1.165, 1.54) is 0 Å². The van der Waals surface area contributed by atoms with Gasteiger partial charge in [-0.05, 0) is 36.8 Å². The minimum Gasteiger partial charge on any atom is -0.381 e. The van der Waals surface area contributed by atoms with Crippen molar-refractivity contribution in [1.29, 1.82) is 0 Å². The Bertz CT molecular complexity index is 520. The number of hydrogen-bond donors (Lipinski definition) is 1. The minimum atomic E-state index is -4.48. The zero-order valence-electron chi connectivity index (χ0n) is 10.8. The molecule has 1 fully saturated rings. The molecule has 1 aliphatic heterocycles. The van der Waals surface area contributed by atoms with Gasteiger partial charge in [-0.15, -0.1) is 0 Å². The fraction of sp³-hybridized carbons (Fsp3) is 0.538. The van der Waals surface area contributed by atoms with Crippen LogP contribution < -0.4 is 0 Å². The highest BCUT2D eigenvalue weighted by molar-refractivity contribution is 7.80. The Labute approximate surface area is 113 Å². The summed E-state index contributed by atoms with van der Waals surface area (Å²) < 4.78 is 41.3. The lowest BCUT2D eigenvalue weighted by atomic mass is 9.87. The Kier molecular flexibility index (Phi) is 4.57. The molecule has 0 aromatic heterocycles. The first-order valence-electron chi connectivity index (χ1n) is 6.26. The molecule has 1 aromatic rings. The first-order chi connectivity index (χ1) is 8.97.